The molecule has 8 heteroatoms. The number of amides is 1. The summed E-state index contributed by atoms with van der Waals surface area (Å²) in [5.41, 5.74) is -0.0469. The maximum Gasteiger partial charge on any atom is 0.322 e. The van der Waals surface area contributed by atoms with Gasteiger partial charge in [-0.15, -0.1) is 0 Å². The van der Waals surface area contributed by atoms with E-state index in [9.17, 15) is 14.9 Å². The molecule has 1 aromatic heterocycles. The zero-order chi connectivity index (χ0) is 14.9. The Kier molecular flexibility index (Phi) is 4.03. The summed E-state index contributed by atoms with van der Waals surface area (Å²) >= 11 is 0. The van der Waals surface area contributed by atoms with Crippen LogP contribution in [-0.4, -0.2) is 39.4 Å². The van der Waals surface area contributed by atoms with Crippen LogP contribution in [0.3, 0.4) is 0 Å². The van der Waals surface area contributed by atoms with Crippen LogP contribution in [0.2, 0.25) is 0 Å². The van der Waals surface area contributed by atoms with E-state index < -0.39 is 10.8 Å². The molecule has 110 valence electrons. The van der Waals surface area contributed by atoms with Crippen molar-refractivity contribution in [2.45, 2.75) is 38.8 Å². The second kappa shape index (κ2) is 5.58. The van der Waals surface area contributed by atoms with E-state index in [1.807, 2.05) is 6.92 Å². The summed E-state index contributed by atoms with van der Waals surface area (Å²) in [6, 6.07) is -0.202. The highest BCUT2D eigenvalue weighted by molar-refractivity contribution is 5.96. The molecule has 1 fully saturated rings. The van der Waals surface area contributed by atoms with Crippen LogP contribution < -0.4 is 5.32 Å². The van der Waals surface area contributed by atoms with Crippen LogP contribution in [0.25, 0.3) is 0 Å². The third-order valence-electron chi connectivity index (χ3n) is 3.58. The minimum atomic E-state index is -0.575. The number of carbonyl (C=O) groups is 1. The Hall–Kier alpha value is -1.96. The van der Waals surface area contributed by atoms with E-state index in [2.05, 4.69) is 10.4 Å². The first-order valence-electron chi connectivity index (χ1n) is 6.52. The molecule has 0 aromatic carbocycles. The minimum Gasteiger partial charge on any atom is -0.376 e. The molecule has 0 saturated carbocycles. The molecule has 0 bridgehead atoms. The molecule has 0 aliphatic carbocycles. The van der Waals surface area contributed by atoms with E-state index in [4.69, 9.17) is 4.74 Å². The van der Waals surface area contributed by atoms with Gasteiger partial charge in [0.05, 0.1) is 17.1 Å². The Balaban J connectivity index is 2.16. The van der Waals surface area contributed by atoms with Gasteiger partial charge in [0.25, 0.3) is 5.91 Å². The molecule has 0 spiro atoms. The van der Waals surface area contributed by atoms with Gasteiger partial charge in [0.1, 0.15) is 5.69 Å². The highest BCUT2D eigenvalue weighted by Gasteiger charge is 2.31. The molecule has 1 aliphatic heterocycles. The van der Waals surface area contributed by atoms with Crippen LogP contribution >= 0.6 is 0 Å². The normalized spacial score (nSPS) is 19.9. The Morgan fingerprint density at radius 1 is 1.65 bits per heavy atom. The fourth-order valence-corrected chi connectivity index (χ4v) is 2.33. The van der Waals surface area contributed by atoms with Crippen LogP contribution in [0.5, 0.6) is 0 Å². The lowest BCUT2D eigenvalue weighted by Gasteiger charge is -2.19. The van der Waals surface area contributed by atoms with E-state index in [0.717, 1.165) is 12.8 Å². The van der Waals surface area contributed by atoms with Gasteiger partial charge < -0.3 is 10.1 Å². The van der Waals surface area contributed by atoms with E-state index in [1.54, 1.807) is 14.0 Å². The first kappa shape index (κ1) is 14.4. The van der Waals surface area contributed by atoms with Crippen molar-refractivity contribution in [3.8, 4) is 0 Å². The SMILES string of the molecule is Cc1c([N+](=O)[O-])c(C(=O)N[C@@H](C)[C@H]2CCCO2)nn1C. The van der Waals surface area contributed by atoms with Crippen LogP contribution in [0.4, 0.5) is 5.69 Å². The first-order chi connectivity index (χ1) is 9.41. The number of aryl methyl sites for hydroxylation is 1. The van der Waals surface area contributed by atoms with E-state index in [1.165, 1.54) is 4.68 Å². The minimum absolute atomic E-state index is 0.0391. The van der Waals surface area contributed by atoms with E-state index in [-0.39, 0.29) is 23.5 Å². The topological polar surface area (TPSA) is 99.3 Å². The Bertz CT molecular complexity index is 534. The van der Waals surface area contributed by atoms with Crippen molar-refractivity contribution in [2.24, 2.45) is 7.05 Å². The molecule has 20 heavy (non-hydrogen) atoms. The predicted octanol–water partition coefficient (Wildman–Crippen LogP) is 0.934. The average Bonchev–Trinajstić information content (AvgIpc) is 2.98. The van der Waals surface area contributed by atoms with Gasteiger partial charge in [-0.3, -0.25) is 19.6 Å². The number of carbonyl (C=O) groups excluding carboxylic acids is 1. The molecule has 2 atom stereocenters. The van der Waals surface area contributed by atoms with Gasteiger partial charge in [-0.2, -0.15) is 5.10 Å². The zero-order valence-corrected chi connectivity index (χ0v) is 11.8. The zero-order valence-electron chi connectivity index (χ0n) is 11.8. The molecule has 1 saturated heterocycles. The summed E-state index contributed by atoms with van der Waals surface area (Å²) < 4.78 is 6.82. The van der Waals surface area contributed by atoms with Gasteiger partial charge in [0.15, 0.2) is 0 Å². The van der Waals surface area contributed by atoms with Gasteiger partial charge in [0, 0.05) is 13.7 Å². The number of nitro groups is 1. The van der Waals surface area contributed by atoms with Gasteiger partial charge in [-0.25, -0.2) is 0 Å². The van der Waals surface area contributed by atoms with E-state index >= 15 is 0 Å². The number of hydrogen-bond acceptors (Lipinski definition) is 5. The van der Waals surface area contributed by atoms with Crippen LogP contribution in [0.1, 0.15) is 35.9 Å². The molecule has 0 unspecified atom stereocenters. The molecule has 1 N–H and O–H groups in total. The maximum atomic E-state index is 12.2. The summed E-state index contributed by atoms with van der Waals surface area (Å²) in [7, 11) is 1.57. The fourth-order valence-electron chi connectivity index (χ4n) is 2.33. The third-order valence-corrected chi connectivity index (χ3v) is 3.58. The molecular weight excluding hydrogens is 264 g/mol. The molecular formula is C12H18N4O4. The van der Waals surface area contributed by atoms with Crippen LogP contribution in [-0.2, 0) is 11.8 Å². The van der Waals surface area contributed by atoms with Crippen LogP contribution in [0, 0.1) is 17.0 Å². The number of nitrogens with one attached hydrogen (secondary N) is 1. The summed E-state index contributed by atoms with van der Waals surface area (Å²) in [6.07, 6.45) is 1.81. The van der Waals surface area contributed by atoms with Crippen molar-refractivity contribution < 1.29 is 14.5 Å². The smallest absolute Gasteiger partial charge is 0.322 e. The van der Waals surface area contributed by atoms with Crippen LogP contribution in [0.15, 0.2) is 0 Å². The molecule has 2 heterocycles. The number of rotatable bonds is 4. The van der Waals surface area contributed by atoms with Crippen molar-refractivity contribution in [2.75, 3.05) is 6.61 Å². The number of ether oxygens (including phenoxy) is 1. The third kappa shape index (κ3) is 2.64. The molecule has 1 aliphatic rings. The maximum absolute atomic E-state index is 12.2. The lowest BCUT2D eigenvalue weighted by atomic mass is 10.1. The van der Waals surface area contributed by atoms with E-state index in [0.29, 0.717) is 12.3 Å². The molecule has 2 rings (SSSR count). The van der Waals surface area contributed by atoms with Crippen molar-refractivity contribution in [1.82, 2.24) is 15.1 Å². The summed E-state index contributed by atoms with van der Waals surface area (Å²) in [5.74, 6) is -0.539. The van der Waals surface area contributed by atoms with Gasteiger partial charge in [-0.1, -0.05) is 0 Å². The van der Waals surface area contributed by atoms with Crippen molar-refractivity contribution in [3.63, 3.8) is 0 Å². The lowest BCUT2D eigenvalue weighted by molar-refractivity contribution is -0.385. The summed E-state index contributed by atoms with van der Waals surface area (Å²) in [4.78, 5) is 22.6. The molecule has 8 nitrogen and oxygen atoms in total. The first-order valence-corrected chi connectivity index (χ1v) is 6.52. The number of nitrogens with zero attached hydrogens (tertiary/aromatic N) is 3. The van der Waals surface area contributed by atoms with Gasteiger partial charge >= 0.3 is 5.69 Å². The standard InChI is InChI=1S/C12H18N4O4/c1-7(9-5-4-6-20-9)13-12(17)10-11(16(18)19)8(2)15(3)14-10/h7,9H,4-6H2,1-3H3,(H,13,17)/t7-,9+/m0/s1. The second-order valence-electron chi connectivity index (χ2n) is 4.98. The van der Waals surface area contributed by atoms with Gasteiger partial charge in [-0.05, 0) is 26.7 Å². The van der Waals surface area contributed by atoms with Crippen molar-refractivity contribution in [3.05, 3.63) is 21.5 Å². The monoisotopic (exact) mass is 282 g/mol. The lowest BCUT2D eigenvalue weighted by Crippen LogP contribution is -2.41. The van der Waals surface area contributed by atoms with Gasteiger partial charge in [0.2, 0.25) is 5.69 Å². The molecule has 1 aromatic rings. The second-order valence-corrected chi connectivity index (χ2v) is 4.98. The predicted molar refractivity (Wildman–Crippen MR) is 70.5 cm³/mol. The summed E-state index contributed by atoms with van der Waals surface area (Å²) in [6.45, 7) is 4.08. The Labute approximate surface area is 116 Å². The number of aromatic nitrogens is 2. The van der Waals surface area contributed by atoms with Crippen molar-refractivity contribution >= 4 is 11.6 Å². The fraction of sp³-hybridized carbons (Fsp3) is 0.667. The number of hydrogen-bond donors (Lipinski definition) is 1. The average molecular weight is 282 g/mol. The quantitative estimate of drug-likeness (QED) is 0.654. The highest BCUT2D eigenvalue weighted by atomic mass is 16.6. The summed E-state index contributed by atoms with van der Waals surface area (Å²) in [5, 5.41) is 17.7. The highest BCUT2D eigenvalue weighted by Crippen LogP contribution is 2.22. The Morgan fingerprint density at radius 3 is 2.90 bits per heavy atom. The molecule has 1 amide bonds. The molecule has 0 radical (unpaired) electrons. The Morgan fingerprint density at radius 2 is 2.35 bits per heavy atom. The van der Waals surface area contributed by atoms with Crippen molar-refractivity contribution in [1.29, 1.82) is 0 Å². The largest absolute Gasteiger partial charge is 0.376 e.